The van der Waals surface area contributed by atoms with E-state index in [1.165, 1.54) is 6.07 Å². The summed E-state index contributed by atoms with van der Waals surface area (Å²) in [6.45, 7) is 5.36. The normalized spacial score (nSPS) is 20.2. The van der Waals surface area contributed by atoms with E-state index in [0.29, 0.717) is 24.4 Å². The Morgan fingerprint density at radius 2 is 1.92 bits per heavy atom. The molecule has 2 N–H and O–H groups in total. The number of carbonyl (C=O) groups excluding carboxylic acids is 3. The number of H-pyrrole nitrogens is 1. The molecule has 0 radical (unpaired) electrons. The smallest absolute Gasteiger partial charge is 0.356 e. The van der Waals surface area contributed by atoms with Crippen molar-refractivity contribution in [3.05, 3.63) is 11.8 Å². The Hall–Kier alpha value is -2.18. The molecule has 25 heavy (non-hydrogen) atoms. The molecule has 2 aliphatic rings. The highest BCUT2D eigenvalue weighted by atomic mass is 16.6. The predicted molar refractivity (Wildman–Crippen MR) is 91.0 cm³/mol. The lowest BCUT2D eigenvalue weighted by Crippen LogP contribution is -2.42. The summed E-state index contributed by atoms with van der Waals surface area (Å²) in [4.78, 5) is 35.6. The molecular weight excluding hydrogens is 322 g/mol. The highest BCUT2D eigenvalue weighted by Gasteiger charge is 2.46. The summed E-state index contributed by atoms with van der Waals surface area (Å²) in [7, 11) is 0. The van der Waals surface area contributed by atoms with E-state index in [0.717, 1.165) is 25.7 Å². The summed E-state index contributed by atoms with van der Waals surface area (Å²) in [6, 6.07) is 1.49. The second kappa shape index (κ2) is 6.28. The van der Waals surface area contributed by atoms with Crippen molar-refractivity contribution >= 4 is 23.5 Å². The molecule has 0 atom stereocenters. The zero-order chi connectivity index (χ0) is 18.2. The molecule has 136 valence electrons. The van der Waals surface area contributed by atoms with E-state index in [-0.39, 0.29) is 22.9 Å². The van der Waals surface area contributed by atoms with Gasteiger partial charge < -0.3 is 10.1 Å². The fraction of sp³-hybridized carbons (Fsp3) is 0.667. The molecule has 1 heterocycles. The summed E-state index contributed by atoms with van der Waals surface area (Å²) in [5, 5.41) is 9.33. The zero-order valence-electron chi connectivity index (χ0n) is 15.0. The lowest BCUT2D eigenvalue weighted by molar-refractivity contribution is -0.136. The molecule has 1 aromatic rings. The molecule has 0 aromatic carbocycles. The van der Waals surface area contributed by atoms with Crippen molar-refractivity contribution in [1.29, 1.82) is 0 Å². The van der Waals surface area contributed by atoms with Gasteiger partial charge in [0.2, 0.25) is 5.91 Å². The van der Waals surface area contributed by atoms with Gasteiger partial charge in [-0.1, -0.05) is 0 Å². The molecule has 2 saturated carbocycles. The van der Waals surface area contributed by atoms with Crippen LogP contribution in [0.15, 0.2) is 6.07 Å². The minimum Gasteiger partial charge on any atom is -0.455 e. The van der Waals surface area contributed by atoms with E-state index in [4.69, 9.17) is 4.74 Å². The monoisotopic (exact) mass is 347 g/mol. The van der Waals surface area contributed by atoms with E-state index in [1.807, 2.05) is 0 Å². The molecule has 2 fully saturated rings. The maximum atomic E-state index is 12.4. The number of carbonyl (C=O) groups is 3. The first-order valence-electron chi connectivity index (χ1n) is 8.77. The Labute approximate surface area is 146 Å². The average molecular weight is 347 g/mol. The van der Waals surface area contributed by atoms with Gasteiger partial charge in [-0.2, -0.15) is 5.10 Å². The van der Waals surface area contributed by atoms with Crippen molar-refractivity contribution in [2.24, 2.45) is 11.3 Å². The average Bonchev–Trinajstić information content (AvgIpc) is 2.93. The molecule has 0 aliphatic heterocycles. The maximum Gasteiger partial charge on any atom is 0.356 e. The molecule has 0 bridgehead atoms. The number of ether oxygens (including phenoxy) is 1. The van der Waals surface area contributed by atoms with Crippen LogP contribution in [0.1, 0.15) is 69.8 Å². The molecule has 7 nitrogen and oxygen atoms in total. The molecular formula is C18H25N3O4. The topological polar surface area (TPSA) is 101 Å². The van der Waals surface area contributed by atoms with Gasteiger partial charge in [0.1, 0.15) is 17.1 Å². The number of aromatic nitrogens is 2. The van der Waals surface area contributed by atoms with Crippen LogP contribution in [0.4, 0.5) is 5.82 Å². The quantitative estimate of drug-likeness (QED) is 0.819. The van der Waals surface area contributed by atoms with Crippen LogP contribution >= 0.6 is 0 Å². The van der Waals surface area contributed by atoms with Crippen LogP contribution in [0.5, 0.6) is 0 Å². The summed E-state index contributed by atoms with van der Waals surface area (Å²) < 4.78 is 5.26. The van der Waals surface area contributed by atoms with Crippen molar-refractivity contribution < 1.29 is 19.1 Å². The number of aromatic amines is 1. The Morgan fingerprint density at radius 1 is 1.28 bits per heavy atom. The summed E-state index contributed by atoms with van der Waals surface area (Å²) in [6.07, 6.45) is 4.81. The van der Waals surface area contributed by atoms with Crippen LogP contribution in [0.2, 0.25) is 0 Å². The Balaban J connectivity index is 1.52. The number of ketones is 1. The van der Waals surface area contributed by atoms with Gasteiger partial charge in [0.15, 0.2) is 5.82 Å². The summed E-state index contributed by atoms with van der Waals surface area (Å²) in [5.41, 5.74) is -0.211. The lowest BCUT2D eigenvalue weighted by atomic mass is 9.58. The fourth-order valence-corrected chi connectivity index (χ4v) is 3.68. The number of rotatable bonds is 3. The predicted octanol–water partition coefficient (Wildman–Crippen LogP) is 2.84. The summed E-state index contributed by atoms with van der Waals surface area (Å²) in [5.74, 6) is 0.0135. The second-order valence-corrected chi connectivity index (χ2v) is 8.32. The largest absolute Gasteiger partial charge is 0.455 e. The Kier molecular flexibility index (Phi) is 4.43. The van der Waals surface area contributed by atoms with Crippen LogP contribution < -0.4 is 5.32 Å². The number of Topliss-reactive ketones (excluding diaryl/α,β-unsaturated/α-hetero) is 1. The lowest BCUT2D eigenvalue weighted by Gasteiger charge is -2.45. The molecule has 0 saturated heterocycles. The standard InChI is InChI=1S/C18H25N3O4/c1-17(2,3)25-16(24)13-8-14(21-20-13)19-15(23)11-4-6-18(7-5-11)9-12(22)10-18/h8,11H,4-7,9-10H2,1-3H3,(H2,19,20,21,23). The number of hydrogen-bond donors (Lipinski definition) is 2. The molecule has 3 rings (SSSR count). The molecule has 7 heteroatoms. The van der Waals surface area contributed by atoms with E-state index < -0.39 is 11.6 Å². The number of hydrogen-bond acceptors (Lipinski definition) is 5. The van der Waals surface area contributed by atoms with E-state index in [1.54, 1.807) is 20.8 Å². The number of esters is 1. The van der Waals surface area contributed by atoms with Gasteiger partial charge in [-0.3, -0.25) is 14.7 Å². The van der Waals surface area contributed by atoms with Crippen molar-refractivity contribution in [2.45, 2.75) is 64.9 Å². The van der Waals surface area contributed by atoms with E-state index in [9.17, 15) is 14.4 Å². The number of nitrogens with zero attached hydrogens (tertiary/aromatic N) is 1. The maximum absolute atomic E-state index is 12.4. The van der Waals surface area contributed by atoms with E-state index >= 15 is 0 Å². The van der Waals surface area contributed by atoms with Crippen molar-refractivity contribution in [3.63, 3.8) is 0 Å². The zero-order valence-corrected chi connectivity index (χ0v) is 15.0. The van der Waals surface area contributed by atoms with Gasteiger partial charge >= 0.3 is 5.97 Å². The fourth-order valence-electron chi connectivity index (χ4n) is 3.68. The third kappa shape index (κ3) is 4.08. The molecule has 2 aliphatic carbocycles. The molecule has 1 spiro atoms. The van der Waals surface area contributed by atoms with Crippen LogP contribution in [0, 0.1) is 11.3 Å². The van der Waals surface area contributed by atoms with Crippen LogP contribution in [-0.2, 0) is 14.3 Å². The third-order valence-electron chi connectivity index (χ3n) is 5.01. The third-order valence-corrected chi connectivity index (χ3v) is 5.01. The van der Waals surface area contributed by atoms with E-state index in [2.05, 4.69) is 15.5 Å². The van der Waals surface area contributed by atoms with Crippen LogP contribution in [-0.4, -0.2) is 33.5 Å². The van der Waals surface area contributed by atoms with Crippen molar-refractivity contribution in [2.75, 3.05) is 5.32 Å². The van der Waals surface area contributed by atoms with Gasteiger partial charge in [0.25, 0.3) is 0 Å². The Bertz CT molecular complexity index is 683. The highest BCUT2D eigenvalue weighted by Crippen LogP contribution is 2.50. The number of nitrogens with one attached hydrogen (secondary N) is 2. The van der Waals surface area contributed by atoms with Gasteiger partial charge in [0.05, 0.1) is 0 Å². The number of anilines is 1. The van der Waals surface area contributed by atoms with Crippen molar-refractivity contribution in [1.82, 2.24) is 10.2 Å². The second-order valence-electron chi connectivity index (χ2n) is 8.32. The first kappa shape index (κ1) is 17.6. The SMILES string of the molecule is CC(C)(C)OC(=O)c1cc(NC(=O)C2CCC3(CC2)CC(=O)C3)n[nH]1. The Morgan fingerprint density at radius 3 is 2.48 bits per heavy atom. The minimum atomic E-state index is -0.591. The molecule has 1 amide bonds. The highest BCUT2D eigenvalue weighted by molar-refractivity contribution is 5.94. The summed E-state index contributed by atoms with van der Waals surface area (Å²) >= 11 is 0. The first-order chi connectivity index (χ1) is 11.7. The van der Waals surface area contributed by atoms with Gasteiger partial charge in [0, 0.05) is 24.8 Å². The van der Waals surface area contributed by atoms with Gasteiger partial charge in [-0.05, 0) is 51.9 Å². The minimum absolute atomic E-state index is 0.0667. The number of amides is 1. The van der Waals surface area contributed by atoms with Gasteiger partial charge in [-0.25, -0.2) is 4.79 Å². The van der Waals surface area contributed by atoms with Gasteiger partial charge in [-0.15, -0.1) is 0 Å². The van der Waals surface area contributed by atoms with Crippen molar-refractivity contribution in [3.8, 4) is 0 Å². The van der Waals surface area contributed by atoms with Crippen LogP contribution in [0.25, 0.3) is 0 Å². The molecule has 0 unspecified atom stereocenters. The first-order valence-corrected chi connectivity index (χ1v) is 8.77. The van der Waals surface area contributed by atoms with Crippen LogP contribution in [0.3, 0.4) is 0 Å². The molecule has 1 aromatic heterocycles.